The van der Waals surface area contributed by atoms with Gasteiger partial charge in [-0.25, -0.2) is 4.68 Å². The highest BCUT2D eigenvalue weighted by atomic mass is 35.5. The number of nitrogens with zero attached hydrogens (tertiary/aromatic N) is 2. The third-order valence-electron chi connectivity index (χ3n) is 2.35. The van der Waals surface area contributed by atoms with Crippen LogP contribution in [0.2, 0.25) is 5.02 Å². The SMILES string of the molecule is CC(=O)c1cn(-c2cccc(Cl)c2)nc1C. The minimum absolute atomic E-state index is 0.0192. The van der Waals surface area contributed by atoms with E-state index in [0.29, 0.717) is 10.6 Å². The quantitative estimate of drug-likeness (QED) is 0.749. The Bertz CT molecular complexity index is 546. The van der Waals surface area contributed by atoms with Gasteiger partial charge in [0, 0.05) is 11.2 Å². The first-order valence-corrected chi connectivity index (χ1v) is 5.29. The maximum atomic E-state index is 11.3. The predicted octanol–water partition coefficient (Wildman–Crippen LogP) is 3.04. The summed E-state index contributed by atoms with van der Waals surface area (Å²) in [7, 11) is 0. The molecule has 0 saturated carbocycles. The number of aromatic nitrogens is 2. The zero-order valence-electron chi connectivity index (χ0n) is 9.07. The lowest BCUT2D eigenvalue weighted by molar-refractivity contribution is 0.101. The van der Waals surface area contributed by atoms with Crippen molar-refractivity contribution in [1.29, 1.82) is 0 Å². The van der Waals surface area contributed by atoms with Crippen molar-refractivity contribution in [2.24, 2.45) is 0 Å². The van der Waals surface area contributed by atoms with E-state index in [2.05, 4.69) is 5.10 Å². The van der Waals surface area contributed by atoms with Crippen molar-refractivity contribution in [2.45, 2.75) is 13.8 Å². The third-order valence-corrected chi connectivity index (χ3v) is 2.59. The van der Waals surface area contributed by atoms with Crippen molar-refractivity contribution in [1.82, 2.24) is 9.78 Å². The Morgan fingerprint density at radius 3 is 2.75 bits per heavy atom. The number of halogens is 1. The van der Waals surface area contributed by atoms with E-state index in [1.165, 1.54) is 6.92 Å². The third kappa shape index (κ3) is 1.99. The first-order chi connectivity index (χ1) is 7.58. The minimum Gasteiger partial charge on any atom is -0.294 e. The molecule has 4 heteroatoms. The van der Waals surface area contributed by atoms with E-state index in [9.17, 15) is 4.79 Å². The fourth-order valence-corrected chi connectivity index (χ4v) is 1.74. The molecule has 0 aliphatic heterocycles. The van der Waals surface area contributed by atoms with Crippen LogP contribution in [0, 0.1) is 6.92 Å². The van der Waals surface area contributed by atoms with E-state index in [1.54, 1.807) is 23.0 Å². The summed E-state index contributed by atoms with van der Waals surface area (Å²) < 4.78 is 1.66. The van der Waals surface area contributed by atoms with E-state index in [-0.39, 0.29) is 5.78 Å². The molecule has 0 aliphatic rings. The van der Waals surface area contributed by atoms with Crippen molar-refractivity contribution in [3.63, 3.8) is 0 Å². The van der Waals surface area contributed by atoms with Crippen LogP contribution in [0.5, 0.6) is 0 Å². The van der Waals surface area contributed by atoms with Crippen LogP contribution in [-0.4, -0.2) is 15.6 Å². The van der Waals surface area contributed by atoms with Gasteiger partial charge in [0.05, 0.1) is 16.9 Å². The van der Waals surface area contributed by atoms with Gasteiger partial charge in [-0.1, -0.05) is 17.7 Å². The van der Waals surface area contributed by atoms with Gasteiger partial charge in [-0.05, 0) is 32.0 Å². The number of rotatable bonds is 2. The highest BCUT2D eigenvalue weighted by Crippen LogP contribution is 2.16. The molecule has 0 N–H and O–H groups in total. The van der Waals surface area contributed by atoms with E-state index in [0.717, 1.165) is 11.4 Å². The molecule has 0 radical (unpaired) electrons. The maximum absolute atomic E-state index is 11.3. The molecule has 2 rings (SSSR count). The molecular weight excluding hydrogens is 224 g/mol. The number of carbonyl (C=O) groups excluding carboxylic acids is 1. The second kappa shape index (κ2) is 4.10. The summed E-state index contributed by atoms with van der Waals surface area (Å²) in [6.07, 6.45) is 1.73. The largest absolute Gasteiger partial charge is 0.294 e. The number of carbonyl (C=O) groups is 1. The van der Waals surface area contributed by atoms with Gasteiger partial charge in [-0.3, -0.25) is 4.79 Å². The minimum atomic E-state index is 0.0192. The van der Waals surface area contributed by atoms with Crippen LogP contribution in [-0.2, 0) is 0 Å². The molecular formula is C12H11ClN2O. The normalized spacial score (nSPS) is 10.4. The molecule has 1 heterocycles. The first-order valence-electron chi connectivity index (χ1n) is 4.91. The Balaban J connectivity index is 2.49. The van der Waals surface area contributed by atoms with Crippen LogP contribution in [0.25, 0.3) is 5.69 Å². The van der Waals surface area contributed by atoms with Gasteiger partial charge < -0.3 is 0 Å². The molecule has 0 saturated heterocycles. The monoisotopic (exact) mass is 234 g/mol. The second-order valence-corrected chi connectivity index (χ2v) is 4.05. The molecule has 0 atom stereocenters. The molecule has 2 aromatic rings. The number of Topliss-reactive ketones (excluding diaryl/α,β-unsaturated/α-hetero) is 1. The number of benzene rings is 1. The number of hydrogen-bond donors (Lipinski definition) is 0. The van der Waals surface area contributed by atoms with Crippen LogP contribution in [0.3, 0.4) is 0 Å². The standard InChI is InChI=1S/C12H11ClN2O/c1-8-12(9(2)16)7-15(14-8)11-5-3-4-10(13)6-11/h3-7H,1-2H3. The molecule has 0 aliphatic carbocycles. The molecule has 82 valence electrons. The Kier molecular flexibility index (Phi) is 2.79. The number of ketones is 1. The molecule has 3 nitrogen and oxygen atoms in total. The second-order valence-electron chi connectivity index (χ2n) is 3.61. The number of hydrogen-bond acceptors (Lipinski definition) is 2. The highest BCUT2D eigenvalue weighted by molar-refractivity contribution is 6.30. The van der Waals surface area contributed by atoms with Gasteiger partial charge in [0.2, 0.25) is 0 Å². The van der Waals surface area contributed by atoms with Crippen molar-refractivity contribution < 1.29 is 4.79 Å². The molecule has 0 fully saturated rings. The molecule has 0 amide bonds. The van der Waals surface area contributed by atoms with E-state index in [4.69, 9.17) is 11.6 Å². The van der Waals surface area contributed by atoms with Crippen molar-refractivity contribution in [3.05, 3.63) is 46.7 Å². The maximum Gasteiger partial charge on any atom is 0.163 e. The summed E-state index contributed by atoms with van der Waals surface area (Å²) in [6.45, 7) is 3.35. The summed E-state index contributed by atoms with van der Waals surface area (Å²) in [6, 6.07) is 7.34. The van der Waals surface area contributed by atoms with Gasteiger partial charge in [-0.15, -0.1) is 0 Å². The summed E-state index contributed by atoms with van der Waals surface area (Å²) >= 11 is 5.90. The summed E-state index contributed by atoms with van der Waals surface area (Å²) in [5.41, 5.74) is 2.22. The Hall–Kier alpha value is -1.61. The molecule has 0 bridgehead atoms. The average Bonchev–Trinajstić information content (AvgIpc) is 2.60. The lowest BCUT2D eigenvalue weighted by atomic mass is 10.2. The first kappa shape index (κ1) is 10.9. The van der Waals surface area contributed by atoms with Crippen molar-refractivity contribution in [2.75, 3.05) is 0 Å². The molecule has 1 aromatic heterocycles. The fourth-order valence-electron chi connectivity index (χ4n) is 1.56. The lowest BCUT2D eigenvalue weighted by Gasteiger charge is -2.00. The Morgan fingerprint density at radius 2 is 2.19 bits per heavy atom. The van der Waals surface area contributed by atoms with Crippen LogP contribution in [0.4, 0.5) is 0 Å². The Morgan fingerprint density at radius 1 is 1.44 bits per heavy atom. The Labute approximate surface area is 98.7 Å². The van der Waals surface area contributed by atoms with Gasteiger partial charge in [-0.2, -0.15) is 5.10 Å². The molecule has 16 heavy (non-hydrogen) atoms. The van der Waals surface area contributed by atoms with Crippen LogP contribution < -0.4 is 0 Å². The molecule has 1 aromatic carbocycles. The van der Waals surface area contributed by atoms with Crippen molar-refractivity contribution in [3.8, 4) is 5.69 Å². The van der Waals surface area contributed by atoms with Crippen LogP contribution >= 0.6 is 11.6 Å². The lowest BCUT2D eigenvalue weighted by Crippen LogP contribution is -1.94. The van der Waals surface area contributed by atoms with E-state index >= 15 is 0 Å². The van der Waals surface area contributed by atoms with E-state index < -0.39 is 0 Å². The van der Waals surface area contributed by atoms with Gasteiger partial charge in [0.15, 0.2) is 5.78 Å². The predicted molar refractivity (Wildman–Crippen MR) is 63.3 cm³/mol. The van der Waals surface area contributed by atoms with Gasteiger partial charge in [0.25, 0.3) is 0 Å². The molecule has 0 spiro atoms. The fraction of sp³-hybridized carbons (Fsp3) is 0.167. The smallest absolute Gasteiger partial charge is 0.163 e. The average molecular weight is 235 g/mol. The number of aryl methyl sites for hydroxylation is 1. The van der Waals surface area contributed by atoms with Gasteiger partial charge in [0.1, 0.15) is 0 Å². The van der Waals surface area contributed by atoms with Gasteiger partial charge >= 0.3 is 0 Å². The molecule has 0 unspecified atom stereocenters. The topological polar surface area (TPSA) is 34.9 Å². The van der Waals surface area contributed by atoms with Crippen LogP contribution in [0.1, 0.15) is 23.0 Å². The zero-order chi connectivity index (χ0) is 11.7. The zero-order valence-corrected chi connectivity index (χ0v) is 9.82. The van der Waals surface area contributed by atoms with Crippen LogP contribution in [0.15, 0.2) is 30.5 Å². The summed E-state index contributed by atoms with van der Waals surface area (Å²) in [5.74, 6) is 0.0192. The van der Waals surface area contributed by atoms with E-state index in [1.807, 2.05) is 19.1 Å². The summed E-state index contributed by atoms with van der Waals surface area (Å²) in [4.78, 5) is 11.3. The van der Waals surface area contributed by atoms with Crippen molar-refractivity contribution >= 4 is 17.4 Å². The summed E-state index contributed by atoms with van der Waals surface area (Å²) in [5, 5.41) is 4.93. The highest BCUT2D eigenvalue weighted by Gasteiger charge is 2.09.